The molecule has 0 saturated carbocycles. The van der Waals surface area contributed by atoms with E-state index in [0.29, 0.717) is 11.5 Å². The third kappa shape index (κ3) is 4.04. The molecule has 0 aromatic carbocycles. The van der Waals surface area contributed by atoms with Gasteiger partial charge in [-0.3, -0.25) is 4.79 Å². The molecule has 0 radical (unpaired) electrons. The van der Waals surface area contributed by atoms with Crippen molar-refractivity contribution >= 4 is 29.3 Å². The first-order valence-corrected chi connectivity index (χ1v) is 5.41. The highest BCUT2D eigenvalue weighted by Crippen LogP contribution is 2.30. The van der Waals surface area contributed by atoms with Gasteiger partial charge in [-0.05, 0) is 11.5 Å². The molecule has 1 rings (SSSR count). The third-order valence-corrected chi connectivity index (χ3v) is 3.04. The quantitative estimate of drug-likeness (QED) is 0.838. The Bertz CT molecular complexity index is 352. The Balaban J connectivity index is 2.50. The maximum Gasteiger partial charge on any atom is 0.452 e. The molecule has 0 fully saturated rings. The first-order valence-electron chi connectivity index (χ1n) is 3.65. The number of carboxylic acids is 1. The van der Waals surface area contributed by atoms with Gasteiger partial charge in [0, 0.05) is 5.75 Å². The molecule has 0 aliphatic heterocycles. The molecule has 4 nitrogen and oxygen atoms in total. The van der Waals surface area contributed by atoms with Crippen molar-refractivity contribution in [1.82, 2.24) is 9.36 Å². The highest BCUT2D eigenvalue weighted by Gasteiger charge is 2.36. The van der Waals surface area contributed by atoms with Gasteiger partial charge in [-0.1, -0.05) is 11.8 Å². The minimum atomic E-state index is -4.54. The molecular weight excluding hydrogens is 253 g/mol. The molecule has 84 valence electrons. The van der Waals surface area contributed by atoms with Crippen LogP contribution in [-0.4, -0.2) is 26.2 Å². The van der Waals surface area contributed by atoms with Crippen LogP contribution in [0.5, 0.6) is 0 Å². The normalized spacial score (nSPS) is 11.7. The van der Waals surface area contributed by atoms with Gasteiger partial charge in [0.2, 0.25) is 5.82 Å². The summed E-state index contributed by atoms with van der Waals surface area (Å²) in [6.45, 7) is 0. The van der Waals surface area contributed by atoms with Gasteiger partial charge in [-0.2, -0.15) is 17.5 Å². The van der Waals surface area contributed by atoms with E-state index in [-0.39, 0.29) is 16.5 Å². The number of hydrogen-bond donors (Lipinski definition) is 1. The Labute approximate surface area is 90.7 Å². The van der Waals surface area contributed by atoms with E-state index in [1.807, 2.05) is 0 Å². The van der Waals surface area contributed by atoms with Crippen LogP contribution >= 0.6 is 23.3 Å². The zero-order valence-corrected chi connectivity index (χ0v) is 8.75. The van der Waals surface area contributed by atoms with E-state index < -0.39 is 18.0 Å². The van der Waals surface area contributed by atoms with E-state index in [1.165, 1.54) is 0 Å². The minimum Gasteiger partial charge on any atom is -0.481 e. The second-order valence-corrected chi connectivity index (χ2v) is 4.47. The van der Waals surface area contributed by atoms with Crippen LogP contribution in [0.2, 0.25) is 0 Å². The Morgan fingerprint density at radius 2 is 2.20 bits per heavy atom. The monoisotopic (exact) mass is 258 g/mol. The molecule has 0 aliphatic rings. The molecule has 1 heterocycles. The van der Waals surface area contributed by atoms with Gasteiger partial charge in [0.1, 0.15) is 0 Å². The number of aliphatic carboxylic acids is 1. The predicted molar refractivity (Wildman–Crippen MR) is 47.9 cm³/mol. The number of nitrogens with zero attached hydrogens (tertiary/aromatic N) is 2. The molecular formula is C6H5F3N2O2S2. The molecule has 1 aromatic heterocycles. The van der Waals surface area contributed by atoms with Crippen molar-refractivity contribution in [2.24, 2.45) is 0 Å². The van der Waals surface area contributed by atoms with E-state index >= 15 is 0 Å². The summed E-state index contributed by atoms with van der Waals surface area (Å²) in [5.41, 5.74) is 0. The highest BCUT2D eigenvalue weighted by molar-refractivity contribution is 8.00. The number of alkyl halides is 3. The molecule has 1 N–H and O–H groups in total. The fourth-order valence-corrected chi connectivity index (χ4v) is 2.22. The fraction of sp³-hybridized carbons (Fsp3) is 0.500. The van der Waals surface area contributed by atoms with Crippen LogP contribution in [0, 0.1) is 0 Å². The van der Waals surface area contributed by atoms with Gasteiger partial charge in [0.05, 0.1) is 6.42 Å². The summed E-state index contributed by atoms with van der Waals surface area (Å²) < 4.78 is 39.3. The van der Waals surface area contributed by atoms with E-state index in [4.69, 9.17) is 5.11 Å². The second kappa shape index (κ2) is 4.79. The first kappa shape index (κ1) is 12.2. The van der Waals surface area contributed by atoms with Gasteiger partial charge in [-0.15, -0.1) is 0 Å². The number of aromatic nitrogens is 2. The van der Waals surface area contributed by atoms with E-state index in [0.717, 1.165) is 11.8 Å². The average Bonchev–Trinajstić information content (AvgIpc) is 2.51. The van der Waals surface area contributed by atoms with Crippen LogP contribution in [0.3, 0.4) is 0 Å². The summed E-state index contributed by atoms with van der Waals surface area (Å²) in [7, 11) is 0. The molecule has 0 saturated heterocycles. The van der Waals surface area contributed by atoms with Crippen molar-refractivity contribution in [3.8, 4) is 0 Å². The van der Waals surface area contributed by atoms with Crippen molar-refractivity contribution < 1.29 is 23.1 Å². The lowest BCUT2D eigenvalue weighted by Gasteiger charge is -1.97. The summed E-state index contributed by atoms with van der Waals surface area (Å²) >= 11 is 1.57. The molecule has 9 heteroatoms. The smallest absolute Gasteiger partial charge is 0.452 e. The van der Waals surface area contributed by atoms with Gasteiger partial charge in [-0.25, -0.2) is 4.98 Å². The van der Waals surface area contributed by atoms with Crippen molar-refractivity contribution in [2.75, 3.05) is 5.75 Å². The van der Waals surface area contributed by atoms with Crippen LogP contribution in [0.15, 0.2) is 4.34 Å². The minimum absolute atomic E-state index is 0.119. The lowest BCUT2D eigenvalue weighted by Crippen LogP contribution is -2.06. The summed E-state index contributed by atoms with van der Waals surface area (Å²) in [5, 5.41) is 8.30. The van der Waals surface area contributed by atoms with Crippen molar-refractivity contribution in [1.29, 1.82) is 0 Å². The first-order chi connectivity index (χ1) is 6.89. The molecule has 0 spiro atoms. The molecule has 0 aliphatic carbocycles. The molecule has 0 unspecified atom stereocenters. The molecule has 0 bridgehead atoms. The molecule has 0 amide bonds. The average molecular weight is 258 g/mol. The predicted octanol–water partition coefficient (Wildman–Crippen LogP) is 2.12. The second-order valence-electron chi connectivity index (χ2n) is 2.37. The molecule has 0 atom stereocenters. The van der Waals surface area contributed by atoms with Crippen molar-refractivity contribution in [3.63, 3.8) is 0 Å². The fourth-order valence-electron chi connectivity index (χ4n) is 0.609. The summed E-state index contributed by atoms with van der Waals surface area (Å²) in [5.74, 6) is -1.99. The van der Waals surface area contributed by atoms with Gasteiger partial charge >= 0.3 is 12.1 Å². The van der Waals surface area contributed by atoms with Crippen LogP contribution < -0.4 is 0 Å². The van der Waals surface area contributed by atoms with Crippen LogP contribution in [0.1, 0.15) is 12.2 Å². The lowest BCUT2D eigenvalue weighted by atomic mass is 10.5. The number of thioether (sulfide) groups is 1. The topological polar surface area (TPSA) is 63.1 Å². The van der Waals surface area contributed by atoms with Crippen LogP contribution in [0.25, 0.3) is 0 Å². The van der Waals surface area contributed by atoms with Crippen molar-refractivity contribution in [2.45, 2.75) is 16.9 Å². The number of carbonyl (C=O) groups is 1. The zero-order valence-electron chi connectivity index (χ0n) is 7.11. The van der Waals surface area contributed by atoms with Gasteiger partial charge in [0.25, 0.3) is 0 Å². The number of rotatable bonds is 4. The van der Waals surface area contributed by atoms with E-state index in [1.54, 1.807) is 0 Å². The van der Waals surface area contributed by atoms with E-state index in [9.17, 15) is 18.0 Å². The third-order valence-electron chi connectivity index (χ3n) is 1.20. The maximum absolute atomic E-state index is 12.0. The van der Waals surface area contributed by atoms with Gasteiger partial charge in [0.15, 0.2) is 4.34 Å². The Morgan fingerprint density at radius 3 is 2.67 bits per heavy atom. The zero-order chi connectivity index (χ0) is 11.5. The molecule has 15 heavy (non-hydrogen) atoms. The lowest BCUT2D eigenvalue weighted by molar-refractivity contribution is -0.144. The maximum atomic E-state index is 12.0. The van der Waals surface area contributed by atoms with Gasteiger partial charge < -0.3 is 5.11 Å². The van der Waals surface area contributed by atoms with Crippen LogP contribution in [-0.2, 0) is 11.0 Å². The Kier molecular flexibility index (Phi) is 3.91. The SMILES string of the molecule is O=C(O)CCSc1nc(C(F)(F)F)ns1. The summed E-state index contributed by atoms with van der Waals surface area (Å²) in [6.07, 6.45) is -4.66. The Hall–Kier alpha value is -0.830. The number of halogens is 3. The number of hydrogen-bond acceptors (Lipinski definition) is 5. The largest absolute Gasteiger partial charge is 0.481 e. The highest BCUT2D eigenvalue weighted by atomic mass is 32.2. The summed E-state index contributed by atoms with van der Waals surface area (Å²) in [6, 6.07) is 0. The number of carboxylic acid groups (broad SMARTS) is 1. The van der Waals surface area contributed by atoms with Crippen molar-refractivity contribution in [3.05, 3.63) is 5.82 Å². The molecule has 1 aromatic rings. The standard InChI is InChI=1S/C6H5F3N2O2S2/c7-6(8,9)4-10-5(15-11-4)14-2-1-3(12)13/h1-2H2,(H,12,13). The summed E-state index contributed by atoms with van der Waals surface area (Å²) in [4.78, 5) is 13.4. The Morgan fingerprint density at radius 1 is 1.53 bits per heavy atom. The van der Waals surface area contributed by atoms with E-state index in [2.05, 4.69) is 9.36 Å². The van der Waals surface area contributed by atoms with Crippen LogP contribution in [0.4, 0.5) is 13.2 Å².